The summed E-state index contributed by atoms with van der Waals surface area (Å²) in [7, 11) is 0. The summed E-state index contributed by atoms with van der Waals surface area (Å²) in [6.45, 7) is 2.77. The molecule has 0 aromatic heterocycles. The Morgan fingerprint density at radius 1 is 0.461 bits per heavy atom. The average Bonchev–Trinajstić information content (AvgIpc) is 3.42. The zero-order valence-corrected chi connectivity index (χ0v) is 48.0. The van der Waals surface area contributed by atoms with Crippen LogP contribution >= 0.6 is 0 Å². The number of hydrogen-bond donors (Lipinski definition) is 9. The monoisotopic (exact) mass is 1080 g/mol. The van der Waals surface area contributed by atoms with Gasteiger partial charge in [-0.25, -0.2) is 0 Å². The molecule has 14 heteroatoms. The predicted molar refractivity (Wildman–Crippen MR) is 305 cm³/mol. The van der Waals surface area contributed by atoms with Gasteiger partial charge >= 0.3 is 0 Å². The number of rotatable bonds is 50. The summed E-state index contributed by atoms with van der Waals surface area (Å²) in [4.78, 5) is 13.2. The van der Waals surface area contributed by atoms with Crippen molar-refractivity contribution in [3.8, 4) is 0 Å². The molecule has 12 unspecified atom stereocenters. The Labute approximate surface area is 461 Å². The molecule has 9 N–H and O–H groups in total. The highest BCUT2D eigenvalue weighted by molar-refractivity contribution is 5.76. The third-order valence-electron chi connectivity index (χ3n) is 15.3. The van der Waals surface area contributed by atoms with Crippen LogP contribution in [0.25, 0.3) is 0 Å². The second-order valence-corrected chi connectivity index (χ2v) is 22.2. The Balaban J connectivity index is 1.69. The van der Waals surface area contributed by atoms with Crippen molar-refractivity contribution in [3.63, 3.8) is 0 Å². The highest BCUT2D eigenvalue weighted by Gasteiger charge is 2.51. The van der Waals surface area contributed by atoms with Gasteiger partial charge in [0.1, 0.15) is 48.8 Å². The van der Waals surface area contributed by atoms with Crippen molar-refractivity contribution in [1.29, 1.82) is 0 Å². The molecule has 0 radical (unpaired) electrons. The topological polar surface area (TPSA) is 228 Å². The van der Waals surface area contributed by atoms with Crippen molar-refractivity contribution in [1.82, 2.24) is 5.32 Å². The summed E-state index contributed by atoms with van der Waals surface area (Å²) in [5.41, 5.74) is 0. The van der Waals surface area contributed by atoms with Crippen LogP contribution in [0.5, 0.6) is 0 Å². The van der Waals surface area contributed by atoms with Gasteiger partial charge in [0.15, 0.2) is 12.6 Å². The zero-order valence-electron chi connectivity index (χ0n) is 48.0. The molecule has 1 amide bonds. The van der Waals surface area contributed by atoms with E-state index in [0.717, 1.165) is 44.9 Å². The van der Waals surface area contributed by atoms with Gasteiger partial charge < -0.3 is 65.1 Å². The van der Waals surface area contributed by atoms with Crippen LogP contribution in [-0.4, -0.2) is 140 Å². The number of nitrogens with one attached hydrogen (secondary N) is 1. The number of hydrogen-bond acceptors (Lipinski definition) is 13. The van der Waals surface area contributed by atoms with Gasteiger partial charge in [-0.05, 0) is 44.9 Å². The summed E-state index contributed by atoms with van der Waals surface area (Å²) in [6.07, 6.45) is 42.2. The van der Waals surface area contributed by atoms with Crippen molar-refractivity contribution in [2.45, 2.75) is 331 Å². The summed E-state index contributed by atoms with van der Waals surface area (Å²) < 4.78 is 22.7. The Hall–Kier alpha value is -1.79. The minimum Gasteiger partial charge on any atom is -0.394 e. The highest BCUT2D eigenvalue weighted by atomic mass is 16.7. The number of carbonyl (C=O) groups is 1. The highest BCUT2D eigenvalue weighted by Crippen LogP contribution is 2.30. The van der Waals surface area contributed by atoms with E-state index in [2.05, 4.69) is 43.5 Å². The molecule has 0 spiro atoms. The molecule has 14 nitrogen and oxygen atoms in total. The number of aliphatic hydroxyl groups excluding tert-OH is 8. The molecule has 0 aromatic carbocycles. The Morgan fingerprint density at radius 3 is 1.29 bits per heavy atom. The quantitative estimate of drug-likeness (QED) is 0.0204. The summed E-state index contributed by atoms with van der Waals surface area (Å²) >= 11 is 0. The van der Waals surface area contributed by atoms with Crippen LogP contribution in [0, 0.1) is 0 Å². The molecule has 2 heterocycles. The van der Waals surface area contributed by atoms with Crippen LogP contribution < -0.4 is 5.32 Å². The van der Waals surface area contributed by atoms with Gasteiger partial charge in [0.2, 0.25) is 5.91 Å². The van der Waals surface area contributed by atoms with Crippen molar-refractivity contribution in [3.05, 3.63) is 36.5 Å². The Morgan fingerprint density at radius 2 is 0.842 bits per heavy atom. The number of ether oxygens (including phenoxy) is 4. The fourth-order valence-electron chi connectivity index (χ4n) is 10.3. The van der Waals surface area contributed by atoms with Crippen LogP contribution in [0.15, 0.2) is 36.5 Å². The zero-order chi connectivity index (χ0) is 55.3. The third-order valence-corrected chi connectivity index (χ3v) is 15.3. The van der Waals surface area contributed by atoms with E-state index in [-0.39, 0.29) is 18.9 Å². The molecule has 0 aromatic rings. The molecule has 12 atom stereocenters. The molecule has 2 aliphatic rings. The molecule has 2 fully saturated rings. The van der Waals surface area contributed by atoms with E-state index in [0.29, 0.717) is 12.8 Å². The molecule has 0 aliphatic carbocycles. The number of carbonyl (C=O) groups excluding carboxylic acids is 1. The molecule has 446 valence electrons. The number of amides is 1. The first-order valence-corrected chi connectivity index (χ1v) is 31.2. The van der Waals surface area contributed by atoms with E-state index in [4.69, 9.17) is 18.9 Å². The number of aliphatic hydroxyl groups is 8. The summed E-state index contributed by atoms with van der Waals surface area (Å²) in [5.74, 6) is -0.253. The van der Waals surface area contributed by atoms with Crippen LogP contribution in [0.2, 0.25) is 0 Å². The fraction of sp³-hybridized carbons (Fsp3) is 0.887. The SMILES string of the molecule is CCCCCCCCCCCCCCCCCCCCCCC/C=C/CC/C=C/CC/C=C/C(O)C(COC1OC(CO)C(OC2OC(CO)C(O)C(O)C2O)C(O)C1O)NC(=O)CCCCCCCCCCCCC. The van der Waals surface area contributed by atoms with Gasteiger partial charge in [0.05, 0.1) is 32.0 Å². The lowest BCUT2D eigenvalue weighted by Crippen LogP contribution is -2.65. The van der Waals surface area contributed by atoms with E-state index >= 15 is 0 Å². The lowest BCUT2D eigenvalue weighted by Gasteiger charge is -2.46. The largest absolute Gasteiger partial charge is 0.394 e. The first kappa shape index (κ1) is 70.3. The van der Waals surface area contributed by atoms with Crippen molar-refractivity contribution in [2.24, 2.45) is 0 Å². The van der Waals surface area contributed by atoms with E-state index in [9.17, 15) is 45.6 Å². The molecule has 2 rings (SSSR count). The second kappa shape index (κ2) is 48.0. The lowest BCUT2D eigenvalue weighted by atomic mass is 9.97. The fourth-order valence-corrected chi connectivity index (χ4v) is 10.3. The Kier molecular flexibility index (Phi) is 44.4. The van der Waals surface area contributed by atoms with Gasteiger partial charge in [-0.3, -0.25) is 4.79 Å². The second-order valence-electron chi connectivity index (χ2n) is 22.2. The number of unbranched alkanes of at least 4 members (excludes halogenated alkanes) is 33. The minimum absolute atomic E-state index is 0.253. The first-order valence-electron chi connectivity index (χ1n) is 31.2. The standard InChI is InChI=1S/C62H115NO13/c1-3-5-7-9-11-13-15-16-17-18-19-20-21-22-23-24-25-26-27-28-29-30-31-32-33-34-36-37-39-41-43-45-51(66)50(63-54(67)46-44-42-40-38-35-14-12-10-8-6-4-2)49-73-61-59(72)57(70)60(53(48-65)75-61)76-62-58(71)56(69)55(68)52(47-64)74-62/h31-32,36-37,43,45,50-53,55-62,64-66,68-72H,3-30,33-35,38-42,44,46-49H2,1-2H3,(H,63,67)/b32-31+,37-36+,45-43+. The van der Waals surface area contributed by atoms with Crippen LogP contribution in [0.3, 0.4) is 0 Å². The molecular formula is C62H115NO13. The minimum atomic E-state index is -1.79. The van der Waals surface area contributed by atoms with Crippen molar-refractivity contribution < 1.29 is 64.6 Å². The maximum absolute atomic E-state index is 13.2. The third kappa shape index (κ3) is 33.1. The predicted octanol–water partition coefficient (Wildman–Crippen LogP) is 11.0. The number of allylic oxidation sites excluding steroid dienone is 5. The van der Waals surface area contributed by atoms with Crippen LogP contribution in [-0.2, 0) is 23.7 Å². The van der Waals surface area contributed by atoms with Gasteiger partial charge in [-0.1, -0.05) is 243 Å². The maximum Gasteiger partial charge on any atom is 0.220 e. The maximum atomic E-state index is 13.2. The smallest absolute Gasteiger partial charge is 0.220 e. The lowest BCUT2D eigenvalue weighted by molar-refractivity contribution is -0.359. The molecule has 76 heavy (non-hydrogen) atoms. The first-order chi connectivity index (χ1) is 37.1. The van der Waals surface area contributed by atoms with E-state index in [1.807, 2.05) is 6.08 Å². The van der Waals surface area contributed by atoms with Crippen LogP contribution in [0.1, 0.15) is 258 Å². The summed E-state index contributed by atoms with van der Waals surface area (Å²) in [5, 5.41) is 86.9. The van der Waals surface area contributed by atoms with E-state index in [1.54, 1.807) is 6.08 Å². The van der Waals surface area contributed by atoms with E-state index in [1.165, 1.54) is 180 Å². The molecule has 0 bridgehead atoms. The van der Waals surface area contributed by atoms with Crippen molar-refractivity contribution >= 4 is 5.91 Å². The van der Waals surface area contributed by atoms with Crippen molar-refractivity contribution in [2.75, 3.05) is 19.8 Å². The molecule has 2 aliphatic heterocycles. The normalized spacial score (nSPS) is 25.1. The summed E-state index contributed by atoms with van der Waals surface area (Å²) in [6, 6.07) is -0.934. The average molecular weight is 1080 g/mol. The van der Waals surface area contributed by atoms with Crippen LogP contribution in [0.4, 0.5) is 0 Å². The Bertz CT molecular complexity index is 1410. The van der Waals surface area contributed by atoms with E-state index < -0.39 is 86.8 Å². The molecule has 2 saturated heterocycles. The molecular weight excluding hydrogens is 967 g/mol. The van der Waals surface area contributed by atoms with Gasteiger partial charge in [0.25, 0.3) is 0 Å². The molecule has 0 saturated carbocycles. The van der Waals surface area contributed by atoms with Gasteiger partial charge in [-0.2, -0.15) is 0 Å². The van der Waals surface area contributed by atoms with Gasteiger partial charge in [0, 0.05) is 6.42 Å². The van der Waals surface area contributed by atoms with Gasteiger partial charge in [-0.15, -0.1) is 0 Å².